The van der Waals surface area contributed by atoms with E-state index >= 15 is 0 Å². The normalized spacial score (nSPS) is 18.5. The summed E-state index contributed by atoms with van der Waals surface area (Å²) in [5.74, 6) is -0.0322. The van der Waals surface area contributed by atoms with Crippen molar-refractivity contribution < 1.29 is 9.50 Å². The van der Waals surface area contributed by atoms with E-state index in [-0.39, 0.29) is 5.69 Å². The van der Waals surface area contributed by atoms with E-state index in [0.29, 0.717) is 41.1 Å². The molecule has 2 aromatic carbocycles. The van der Waals surface area contributed by atoms with Crippen molar-refractivity contribution in [3.63, 3.8) is 0 Å². The van der Waals surface area contributed by atoms with Gasteiger partial charge < -0.3 is 10.1 Å². The molecule has 31 heavy (non-hydrogen) atoms. The maximum absolute atomic E-state index is 14.0. The summed E-state index contributed by atoms with van der Waals surface area (Å²) in [4.78, 5) is 29.1. The van der Waals surface area contributed by atoms with Crippen molar-refractivity contribution in [2.45, 2.75) is 25.0 Å². The van der Waals surface area contributed by atoms with E-state index in [0.717, 1.165) is 11.0 Å². The number of H-pyrrole nitrogens is 1. The van der Waals surface area contributed by atoms with Gasteiger partial charge in [0.05, 0.1) is 29.4 Å². The highest BCUT2D eigenvalue weighted by molar-refractivity contribution is 5.77. The van der Waals surface area contributed by atoms with Crippen molar-refractivity contribution in [1.29, 1.82) is 0 Å². The number of aromatic nitrogens is 6. The molecule has 0 radical (unpaired) electrons. The fraction of sp³-hybridized carbons (Fsp3) is 0.182. The van der Waals surface area contributed by atoms with Gasteiger partial charge in [-0.2, -0.15) is 4.98 Å². The van der Waals surface area contributed by atoms with Crippen molar-refractivity contribution in [3.8, 4) is 5.95 Å². The van der Waals surface area contributed by atoms with E-state index in [2.05, 4.69) is 19.9 Å². The summed E-state index contributed by atoms with van der Waals surface area (Å²) in [6, 6.07) is 11.5. The van der Waals surface area contributed by atoms with Crippen LogP contribution in [0.2, 0.25) is 0 Å². The number of para-hydroxylation sites is 2. The molecule has 9 heteroatoms. The Hall–Kier alpha value is -3.85. The Balaban J connectivity index is 1.56. The highest BCUT2D eigenvalue weighted by Crippen LogP contribution is 2.39. The number of aliphatic hydroxyl groups excluding tert-OH is 1. The molecule has 3 heterocycles. The van der Waals surface area contributed by atoms with Gasteiger partial charge in [-0.25, -0.2) is 19.2 Å². The molecule has 5 aromatic rings. The molecule has 2 atom stereocenters. The average Bonchev–Trinajstić information content (AvgIpc) is 3.34. The van der Waals surface area contributed by atoms with Crippen molar-refractivity contribution in [1.82, 2.24) is 29.1 Å². The second-order valence-corrected chi connectivity index (χ2v) is 7.69. The molecule has 0 fully saturated rings. The average molecular weight is 416 g/mol. The topological polar surface area (TPSA) is 102 Å². The van der Waals surface area contributed by atoms with Crippen LogP contribution in [0.25, 0.3) is 28.1 Å². The van der Waals surface area contributed by atoms with Crippen molar-refractivity contribution in [3.05, 3.63) is 82.4 Å². The van der Waals surface area contributed by atoms with Crippen LogP contribution in [0, 0.1) is 5.82 Å². The third-order valence-corrected chi connectivity index (χ3v) is 5.91. The summed E-state index contributed by atoms with van der Waals surface area (Å²) in [6.45, 7) is 0. The van der Waals surface area contributed by atoms with Gasteiger partial charge in [-0.3, -0.25) is 9.13 Å². The zero-order valence-electron chi connectivity index (χ0n) is 16.2. The Kier molecular flexibility index (Phi) is 3.81. The van der Waals surface area contributed by atoms with E-state index in [1.165, 1.54) is 16.7 Å². The van der Waals surface area contributed by atoms with Crippen molar-refractivity contribution in [2.24, 2.45) is 0 Å². The fourth-order valence-corrected chi connectivity index (χ4v) is 4.46. The van der Waals surface area contributed by atoms with E-state index in [1.54, 1.807) is 23.2 Å². The molecule has 3 aromatic heterocycles. The Morgan fingerprint density at radius 2 is 1.97 bits per heavy atom. The SMILES string of the molecule is O=c1[nH]c2cnc(-n3cnc4ccccc43)nc2n1[C@@H]1CC[C@@H](O)c2ccc(F)cc21. The van der Waals surface area contributed by atoms with Gasteiger partial charge in [0.2, 0.25) is 5.95 Å². The third kappa shape index (κ3) is 2.70. The third-order valence-electron chi connectivity index (χ3n) is 5.91. The van der Waals surface area contributed by atoms with E-state index in [9.17, 15) is 14.3 Å². The van der Waals surface area contributed by atoms with Crippen LogP contribution in [-0.2, 0) is 0 Å². The largest absolute Gasteiger partial charge is 0.388 e. The molecule has 2 N–H and O–H groups in total. The van der Waals surface area contributed by atoms with Crippen LogP contribution in [0.4, 0.5) is 4.39 Å². The molecule has 0 unspecified atom stereocenters. The van der Waals surface area contributed by atoms with E-state index < -0.39 is 18.0 Å². The maximum Gasteiger partial charge on any atom is 0.328 e. The Morgan fingerprint density at radius 3 is 2.87 bits per heavy atom. The molecule has 154 valence electrons. The van der Waals surface area contributed by atoms with Gasteiger partial charge in [0.15, 0.2) is 5.65 Å². The minimum absolute atomic E-state index is 0.353. The van der Waals surface area contributed by atoms with Crippen LogP contribution in [0.5, 0.6) is 0 Å². The lowest BCUT2D eigenvalue weighted by Gasteiger charge is -2.29. The highest BCUT2D eigenvalue weighted by Gasteiger charge is 2.30. The number of aromatic amines is 1. The quantitative estimate of drug-likeness (QED) is 0.461. The monoisotopic (exact) mass is 416 g/mol. The number of nitrogens with one attached hydrogen (secondary N) is 1. The Labute approximate surface area is 174 Å². The van der Waals surface area contributed by atoms with Gasteiger partial charge in [0, 0.05) is 0 Å². The molecule has 0 aliphatic heterocycles. The molecule has 6 rings (SSSR count). The van der Waals surface area contributed by atoms with Gasteiger partial charge in [-0.1, -0.05) is 18.2 Å². The van der Waals surface area contributed by atoms with Crippen molar-refractivity contribution >= 4 is 22.2 Å². The standard InChI is InChI=1S/C22H17FN6O2/c23-12-5-6-13-14(9-12)17(7-8-19(13)30)29-20-16(26-22(29)31)10-24-21(27-20)28-11-25-15-3-1-2-4-18(15)28/h1-6,9-11,17,19,30H,7-8H2,(H,26,31)/t17-,19-/m1/s1. The molecule has 0 amide bonds. The first-order valence-electron chi connectivity index (χ1n) is 9.97. The summed E-state index contributed by atoms with van der Waals surface area (Å²) in [7, 11) is 0. The second-order valence-electron chi connectivity index (χ2n) is 7.69. The van der Waals surface area contributed by atoms with E-state index in [1.807, 2.05) is 24.3 Å². The van der Waals surface area contributed by atoms with Gasteiger partial charge in [0.1, 0.15) is 17.7 Å². The molecule has 0 bridgehead atoms. The van der Waals surface area contributed by atoms with Crippen LogP contribution in [0.1, 0.15) is 36.1 Å². The number of benzene rings is 2. The number of nitrogens with zero attached hydrogens (tertiary/aromatic N) is 5. The van der Waals surface area contributed by atoms with Gasteiger partial charge in [-0.15, -0.1) is 0 Å². The van der Waals surface area contributed by atoms with Crippen LogP contribution >= 0.6 is 0 Å². The highest BCUT2D eigenvalue weighted by atomic mass is 19.1. The predicted octanol–water partition coefficient (Wildman–Crippen LogP) is 3.01. The maximum atomic E-state index is 14.0. The first kappa shape index (κ1) is 18.0. The molecule has 1 aliphatic carbocycles. The Bertz CT molecular complexity index is 1520. The zero-order chi connectivity index (χ0) is 21.1. The smallest absolute Gasteiger partial charge is 0.328 e. The molecular weight excluding hydrogens is 399 g/mol. The number of aliphatic hydroxyl groups is 1. The molecular formula is C22H17FN6O2. The molecule has 0 saturated heterocycles. The minimum Gasteiger partial charge on any atom is -0.388 e. The van der Waals surface area contributed by atoms with E-state index in [4.69, 9.17) is 0 Å². The number of hydrogen-bond donors (Lipinski definition) is 2. The van der Waals surface area contributed by atoms with Gasteiger partial charge >= 0.3 is 5.69 Å². The number of fused-ring (bicyclic) bond motifs is 3. The van der Waals surface area contributed by atoms with Crippen LogP contribution in [0.15, 0.2) is 59.8 Å². The lowest BCUT2D eigenvalue weighted by molar-refractivity contribution is 0.147. The molecule has 0 saturated carbocycles. The van der Waals surface area contributed by atoms with Gasteiger partial charge in [0.25, 0.3) is 0 Å². The number of halogens is 1. The number of rotatable bonds is 2. The summed E-state index contributed by atoms with van der Waals surface area (Å²) in [6.07, 6.45) is 3.47. The Morgan fingerprint density at radius 1 is 1.10 bits per heavy atom. The summed E-state index contributed by atoms with van der Waals surface area (Å²) < 4.78 is 17.3. The molecule has 0 spiro atoms. The minimum atomic E-state index is -0.685. The summed E-state index contributed by atoms with van der Waals surface area (Å²) in [5, 5.41) is 10.4. The first-order valence-corrected chi connectivity index (χ1v) is 9.97. The van der Waals surface area contributed by atoms with Gasteiger partial charge in [-0.05, 0) is 48.2 Å². The first-order chi connectivity index (χ1) is 15.1. The van der Waals surface area contributed by atoms with Crippen LogP contribution < -0.4 is 5.69 Å². The summed E-state index contributed by atoms with van der Waals surface area (Å²) in [5.41, 5.74) is 3.44. The molecule has 8 nitrogen and oxygen atoms in total. The fourth-order valence-electron chi connectivity index (χ4n) is 4.46. The summed E-state index contributed by atoms with van der Waals surface area (Å²) >= 11 is 0. The van der Waals surface area contributed by atoms with Crippen LogP contribution in [-0.4, -0.2) is 34.2 Å². The predicted molar refractivity (Wildman–Crippen MR) is 112 cm³/mol. The van der Waals surface area contributed by atoms with Crippen LogP contribution in [0.3, 0.4) is 0 Å². The zero-order valence-corrected chi connectivity index (χ0v) is 16.2. The second kappa shape index (κ2) is 6.58. The number of imidazole rings is 2. The molecule has 1 aliphatic rings. The number of hydrogen-bond acceptors (Lipinski definition) is 5. The lowest BCUT2D eigenvalue weighted by Crippen LogP contribution is -2.28. The lowest BCUT2D eigenvalue weighted by atomic mass is 9.85. The van der Waals surface area contributed by atoms with Crippen molar-refractivity contribution in [2.75, 3.05) is 0 Å².